The highest BCUT2D eigenvalue weighted by Gasteiger charge is 2.57. The molecule has 14 heteroatoms. The number of methoxy groups -OCH3 is 1. The second-order valence-electron chi connectivity index (χ2n) is 8.90. The van der Waals surface area contributed by atoms with Crippen molar-refractivity contribution in [3.05, 3.63) is 68.0 Å². The van der Waals surface area contributed by atoms with Gasteiger partial charge in [-0.25, -0.2) is 19.2 Å². The van der Waals surface area contributed by atoms with Crippen LogP contribution in [0.15, 0.2) is 52.4 Å². The van der Waals surface area contributed by atoms with Crippen LogP contribution in [0.5, 0.6) is 0 Å². The standard InChI is InChI=1S/C28H34Cl2N2O10/c1-4-42-27(38)23-20(15-41-13-7-12-40-11-6-10-31)32-16(2)22(26(37)39-3)28(23,18(25(35)36)14-21(33)34)17-8-5-9-19(29)24(17)30/h5,8-9,14,32H,4,6-7,10-13,15,31H2,1-3H3,(H,33,34)(H,35,36)/b18-14+. The molecule has 1 aliphatic rings. The van der Waals surface area contributed by atoms with Gasteiger partial charge in [0.25, 0.3) is 0 Å². The summed E-state index contributed by atoms with van der Waals surface area (Å²) < 4.78 is 21.6. The molecule has 0 saturated heterocycles. The average Bonchev–Trinajstić information content (AvgIpc) is 2.93. The minimum absolute atomic E-state index is 0.0104. The Morgan fingerprint density at radius 3 is 2.29 bits per heavy atom. The van der Waals surface area contributed by atoms with Gasteiger partial charge in [-0.1, -0.05) is 35.3 Å². The fraction of sp³-hybridized carbons (Fsp3) is 0.429. The summed E-state index contributed by atoms with van der Waals surface area (Å²) >= 11 is 13.0. The molecule has 1 unspecified atom stereocenters. The van der Waals surface area contributed by atoms with Crippen LogP contribution in [0.4, 0.5) is 0 Å². The summed E-state index contributed by atoms with van der Waals surface area (Å²) in [6.07, 6.45) is 1.58. The molecule has 0 amide bonds. The Hall–Kier alpha value is -3.42. The van der Waals surface area contributed by atoms with E-state index in [0.29, 0.717) is 38.7 Å². The minimum Gasteiger partial charge on any atom is -0.478 e. The molecule has 1 aromatic rings. The lowest BCUT2D eigenvalue weighted by atomic mass is 9.61. The largest absolute Gasteiger partial charge is 0.478 e. The van der Waals surface area contributed by atoms with Gasteiger partial charge in [-0.05, 0) is 44.9 Å². The van der Waals surface area contributed by atoms with E-state index in [1.54, 1.807) is 0 Å². The predicted molar refractivity (Wildman–Crippen MR) is 153 cm³/mol. The molecule has 0 fully saturated rings. The van der Waals surface area contributed by atoms with Crippen molar-refractivity contribution in [3.63, 3.8) is 0 Å². The van der Waals surface area contributed by atoms with Crippen LogP contribution in [0.2, 0.25) is 10.0 Å². The Morgan fingerprint density at radius 2 is 1.69 bits per heavy atom. The van der Waals surface area contributed by atoms with Gasteiger partial charge in [0.05, 0.1) is 58.2 Å². The molecule has 1 aliphatic heterocycles. The molecule has 230 valence electrons. The number of carbonyl (C=O) groups is 4. The summed E-state index contributed by atoms with van der Waals surface area (Å²) in [6.45, 7) is 4.09. The average molecular weight is 629 g/mol. The molecule has 12 nitrogen and oxygen atoms in total. The van der Waals surface area contributed by atoms with Crippen molar-refractivity contribution in [2.24, 2.45) is 5.73 Å². The first-order valence-corrected chi connectivity index (χ1v) is 13.7. The highest BCUT2D eigenvalue weighted by atomic mass is 35.5. The fourth-order valence-electron chi connectivity index (χ4n) is 4.64. The van der Waals surface area contributed by atoms with E-state index in [2.05, 4.69) is 5.32 Å². The first kappa shape index (κ1) is 34.8. The van der Waals surface area contributed by atoms with E-state index in [4.69, 9.17) is 47.9 Å². The van der Waals surface area contributed by atoms with Crippen LogP contribution < -0.4 is 11.1 Å². The van der Waals surface area contributed by atoms with Crippen LogP contribution in [0, 0.1) is 0 Å². The van der Waals surface area contributed by atoms with E-state index in [1.165, 1.54) is 32.0 Å². The monoisotopic (exact) mass is 628 g/mol. The van der Waals surface area contributed by atoms with Crippen LogP contribution in [-0.2, 0) is 43.5 Å². The lowest BCUT2D eigenvalue weighted by molar-refractivity contribution is -0.140. The summed E-state index contributed by atoms with van der Waals surface area (Å²) in [7, 11) is 1.05. The van der Waals surface area contributed by atoms with Crippen molar-refractivity contribution in [1.29, 1.82) is 0 Å². The van der Waals surface area contributed by atoms with Crippen molar-refractivity contribution < 1.29 is 48.3 Å². The van der Waals surface area contributed by atoms with Gasteiger partial charge in [0.15, 0.2) is 0 Å². The number of dihydropyridines is 1. The van der Waals surface area contributed by atoms with Gasteiger partial charge in [0.2, 0.25) is 0 Å². The Morgan fingerprint density at radius 1 is 1.02 bits per heavy atom. The van der Waals surface area contributed by atoms with Gasteiger partial charge in [-0.3, -0.25) is 0 Å². The maximum atomic E-state index is 13.8. The number of nitrogens with one attached hydrogen (secondary N) is 1. The highest BCUT2D eigenvalue weighted by Crippen LogP contribution is 2.53. The Labute approximate surface area is 253 Å². The molecule has 0 saturated carbocycles. The molecule has 1 heterocycles. The Balaban J connectivity index is 2.95. The van der Waals surface area contributed by atoms with Crippen molar-refractivity contribution in [2.75, 3.05) is 46.7 Å². The van der Waals surface area contributed by atoms with Crippen molar-refractivity contribution in [3.8, 4) is 0 Å². The molecular weight excluding hydrogens is 595 g/mol. The third kappa shape index (κ3) is 7.69. The van der Waals surface area contributed by atoms with Crippen molar-refractivity contribution in [1.82, 2.24) is 5.32 Å². The Bertz CT molecular complexity index is 1290. The first-order valence-electron chi connectivity index (χ1n) is 12.9. The fourth-order valence-corrected chi connectivity index (χ4v) is 5.08. The molecule has 2 rings (SSSR count). The second kappa shape index (κ2) is 16.3. The van der Waals surface area contributed by atoms with Crippen molar-refractivity contribution >= 4 is 47.1 Å². The predicted octanol–water partition coefficient (Wildman–Crippen LogP) is 2.97. The van der Waals surface area contributed by atoms with Gasteiger partial charge < -0.3 is 40.2 Å². The number of hydrogen-bond donors (Lipinski definition) is 4. The normalized spacial score (nSPS) is 17.1. The van der Waals surface area contributed by atoms with Crippen molar-refractivity contribution in [2.45, 2.75) is 32.1 Å². The third-order valence-corrected chi connectivity index (χ3v) is 7.03. The second-order valence-corrected chi connectivity index (χ2v) is 9.69. The SMILES string of the molecule is CCOC(=O)C1=C(COCCCOCCCN)NC(C)=C(C(=O)OC)C1(/C(=C/C(=O)O)C(=O)O)c1cccc(Cl)c1Cl. The topological polar surface area (TPSA) is 184 Å². The lowest BCUT2D eigenvalue weighted by Gasteiger charge is -2.42. The molecule has 1 atom stereocenters. The summed E-state index contributed by atoms with van der Waals surface area (Å²) in [5.41, 5.74) is 1.14. The third-order valence-electron chi connectivity index (χ3n) is 6.21. The summed E-state index contributed by atoms with van der Waals surface area (Å²) in [5.74, 6) is -5.55. The number of esters is 2. The number of hydrogen-bond acceptors (Lipinski definition) is 10. The number of benzene rings is 1. The zero-order chi connectivity index (χ0) is 31.4. The number of carbonyl (C=O) groups excluding carboxylic acids is 2. The molecule has 0 aromatic heterocycles. The molecule has 42 heavy (non-hydrogen) atoms. The van der Waals surface area contributed by atoms with Crippen LogP contribution in [0.25, 0.3) is 0 Å². The van der Waals surface area contributed by atoms with E-state index in [9.17, 15) is 29.4 Å². The number of halogens is 2. The number of aliphatic carboxylic acids is 2. The zero-order valence-corrected chi connectivity index (χ0v) is 25.0. The quantitative estimate of drug-likeness (QED) is 0.119. The lowest BCUT2D eigenvalue weighted by Crippen LogP contribution is -2.49. The van der Waals surface area contributed by atoms with E-state index in [0.717, 1.165) is 7.11 Å². The first-order chi connectivity index (χ1) is 20.0. The van der Waals surface area contributed by atoms with Gasteiger partial charge in [0.1, 0.15) is 0 Å². The molecule has 5 N–H and O–H groups in total. The summed E-state index contributed by atoms with van der Waals surface area (Å²) in [4.78, 5) is 52.1. The zero-order valence-electron chi connectivity index (χ0n) is 23.5. The summed E-state index contributed by atoms with van der Waals surface area (Å²) in [6, 6.07) is 4.16. The van der Waals surface area contributed by atoms with Crippen LogP contribution >= 0.6 is 23.2 Å². The maximum absolute atomic E-state index is 13.8. The number of ether oxygens (including phenoxy) is 4. The van der Waals surface area contributed by atoms with E-state index < -0.39 is 46.0 Å². The van der Waals surface area contributed by atoms with Crippen LogP contribution in [0.1, 0.15) is 32.3 Å². The number of carboxylic acid groups (broad SMARTS) is 2. The number of carboxylic acids is 2. The minimum atomic E-state index is -2.47. The molecule has 0 bridgehead atoms. The number of rotatable bonds is 16. The van der Waals surface area contributed by atoms with Gasteiger partial charge in [-0.2, -0.15) is 0 Å². The number of nitrogens with two attached hydrogens (primary N) is 1. The smallest absolute Gasteiger partial charge is 0.337 e. The van der Waals surface area contributed by atoms with Gasteiger partial charge >= 0.3 is 23.9 Å². The molecule has 1 aromatic carbocycles. The Kier molecular flexibility index (Phi) is 13.5. The molecule has 0 spiro atoms. The maximum Gasteiger partial charge on any atom is 0.337 e. The molecular formula is C28H34Cl2N2O10. The van der Waals surface area contributed by atoms with E-state index in [1.807, 2.05) is 0 Å². The van der Waals surface area contributed by atoms with Gasteiger partial charge in [0, 0.05) is 31.6 Å². The molecule has 0 radical (unpaired) electrons. The number of allylic oxidation sites excluding steroid dienone is 1. The van der Waals surface area contributed by atoms with Crippen LogP contribution in [-0.4, -0.2) is 80.8 Å². The van der Waals surface area contributed by atoms with E-state index >= 15 is 0 Å². The molecule has 0 aliphatic carbocycles. The van der Waals surface area contributed by atoms with E-state index in [-0.39, 0.29) is 46.8 Å². The van der Waals surface area contributed by atoms with Crippen LogP contribution in [0.3, 0.4) is 0 Å². The summed E-state index contributed by atoms with van der Waals surface area (Å²) in [5, 5.41) is 22.8. The highest BCUT2D eigenvalue weighted by molar-refractivity contribution is 6.42. The van der Waals surface area contributed by atoms with Gasteiger partial charge in [-0.15, -0.1) is 0 Å².